The molecule has 122 valence electrons. The van der Waals surface area contributed by atoms with Crippen LogP contribution in [0.1, 0.15) is 60.3 Å². The van der Waals surface area contributed by atoms with Gasteiger partial charge in [0, 0.05) is 31.1 Å². The number of nitrogens with one attached hydrogen (secondary N) is 2. The van der Waals surface area contributed by atoms with Crippen LogP contribution in [0.15, 0.2) is 0 Å². The molecule has 1 fully saturated rings. The van der Waals surface area contributed by atoms with Crippen LogP contribution in [0.2, 0.25) is 0 Å². The fraction of sp³-hybridized carbons (Fsp3) is 0.688. The summed E-state index contributed by atoms with van der Waals surface area (Å²) in [6.45, 7) is 4.14. The minimum Gasteiger partial charge on any atom is -0.353 e. The molecule has 0 spiro atoms. The van der Waals surface area contributed by atoms with Crippen molar-refractivity contribution in [2.45, 2.75) is 58.4 Å². The van der Waals surface area contributed by atoms with Crippen LogP contribution < -0.4 is 11.1 Å². The smallest absolute Gasteiger partial charge is 0.221 e. The number of rotatable bonds is 6. The topological polar surface area (TPSA) is 101 Å². The molecular weight excluding hydrogens is 280 g/mol. The van der Waals surface area contributed by atoms with Crippen molar-refractivity contribution >= 4 is 11.7 Å². The molecule has 0 atom stereocenters. The Balaban J connectivity index is 1.80. The first-order valence-corrected chi connectivity index (χ1v) is 8.05. The van der Waals surface area contributed by atoms with E-state index in [0.29, 0.717) is 25.3 Å². The van der Waals surface area contributed by atoms with E-state index in [0.717, 1.165) is 42.6 Å². The Hall–Kier alpha value is -1.69. The van der Waals surface area contributed by atoms with Crippen molar-refractivity contribution in [2.24, 2.45) is 11.7 Å². The second-order valence-corrected chi connectivity index (χ2v) is 6.26. The SMILES string of the molecule is Cc1n[nH]c(C)c1C(=O)CC1CCC(NC(=O)CCN)CC1. The second-order valence-electron chi connectivity index (χ2n) is 6.26. The summed E-state index contributed by atoms with van der Waals surface area (Å²) in [4.78, 5) is 24.0. The first-order chi connectivity index (χ1) is 10.5. The van der Waals surface area contributed by atoms with E-state index in [4.69, 9.17) is 5.73 Å². The highest BCUT2D eigenvalue weighted by Gasteiger charge is 2.25. The third-order valence-electron chi connectivity index (χ3n) is 4.46. The van der Waals surface area contributed by atoms with Gasteiger partial charge in [0.1, 0.15) is 0 Å². The van der Waals surface area contributed by atoms with E-state index in [-0.39, 0.29) is 17.7 Å². The molecule has 2 rings (SSSR count). The van der Waals surface area contributed by atoms with Gasteiger partial charge in [0.25, 0.3) is 0 Å². The summed E-state index contributed by atoms with van der Waals surface area (Å²) < 4.78 is 0. The number of hydrogen-bond acceptors (Lipinski definition) is 4. The normalized spacial score (nSPS) is 21.6. The van der Waals surface area contributed by atoms with Crippen LogP contribution in [0.3, 0.4) is 0 Å². The number of aryl methyl sites for hydroxylation is 2. The molecule has 0 saturated heterocycles. The van der Waals surface area contributed by atoms with Crippen LogP contribution in [-0.2, 0) is 4.79 Å². The maximum atomic E-state index is 12.4. The maximum absolute atomic E-state index is 12.4. The molecule has 0 bridgehead atoms. The Bertz CT molecular complexity index is 511. The predicted octanol–water partition coefficient (Wildman–Crippen LogP) is 1.62. The zero-order valence-electron chi connectivity index (χ0n) is 13.4. The number of aromatic amines is 1. The molecule has 1 heterocycles. The van der Waals surface area contributed by atoms with Crippen molar-refractivity contribution in [3.05, 3.63) is 17.0 Å². The molecule has 1 aromatic heterocycles. The van der Waals surface area contributed by atoms with E-state index in [2.05, 4.69) is 15.5 Å². The molecule has 6 nitrogen and oxygen atoms in total. The van der Waals surface area contributed by atoms with Crippen molar-refractivity contribution < 1.29 is 9.59 Å². The Labute approximate surface area is 131 Å². The van der Waals surface area contributed by atoms with Crippen LogP contribution in [0.25, 0.3) is 0 Å². The first kappa shape index (κ1) is 16.7. The molecule has 0 radical (unpaired) electrons. The molecule has 1 amide bonds. The number of nitrogens with two attached hydrogens (primary N) is 1. The zero-order valence-corrected chi connectivity index (χ0v) is 13.4. The predicted molar refractivity (Wildman–Crippen MR) is 84.6 cm³/mol. The average molecular weight is 306 g/mol. The van der Waals surface area contributed by atoms with Crippen molar-refractivity contribution in [1.29, 1.82) is 0 Å². The highest BCUT2D eigenvalue weighted by atomic mass is 16.1. The summed E-state index contributed by atoms with van der Waals surface area (Å²) in [5.74, 6) is 0.620. The number of Topliss-reactive ketones (excluding diaryl/α,β-unsaturated/α-hetero) is 1. The Morgan fingerprint density at radius 2 is 1.95 bits per heavy atom. The van der Waals surface area contributed by atoms with E-state index in [1.54, 1.807) is 0 Å². The molecule has 0 unspecified atom stereocenters. The maximum Gasteiger partial charge on any atom is 0.221 e. The molecule has 1 aliphatic carbocycles. The summed E-state index contributed by atoms with van der Waals surface area (Å²) in [6.07, 6.45) is 4.81. The van der Waals surface area contributed by atoms with Crippen LogP contribution >= 0.6 is 0 Å². The number of H-pyrrole nitrogens is 1. The lowest BCUT2D eigenvalue weighted by molar-refractivity contribution is -0.121. The lowest BCUT2D eigenvalue weighted by Gasteiger charge is -2.28. The van der Waals surface area contributed by atoms with Gasteiger partial charge in [-0.15, -0.1) is 0 Å². The van der Waals surface area contributed by atoms with Gasteiger partial charge < -0.3 is 11.1 Å². The summed E-state index contributed by atoms with van der Waals surface area (Å²) >= 11 is 0. The van der Waals surface area contributed by atoms with Crippen molar-refractivity contribution in [3.8, 4) is 0 Å². The third kappa shape index (κ3) is 4.16. The molecule has 1 aliphatic rings. The fourth-order valence-electron chi connectivity index (χ4n) is 3.27. The lowest BCUT2D eigenvalue weighted by atomic mass is 9.82. The molecule has 22 heavy (non-hydrogen) atoms. The van der Waals surface area contributed by atoms with Crippen molar-refractivity contribution in [2.75, 3.05) is 6.54 Å². The fourth-order valence-corrected chi connectivity index (χ4v) is 3.27. The number of hydrogen-bond donors (Lipinski definition) is 3. The number of aromatic nitrogens is 2. The monoisotopic (exact) mass is 306 g/mol. The van der Waals surface area contributed by atoms with Gasteiger partial charge in [-0.25, -0.2) is 0 Å². The molecule has 6 heteroatoms. The van der Waals surface area contributed by atoms with Gasteiger partial charge in [0.05, 0.1) is 11.3 Å². The summed E-state index contributed by atoms with van der Waals surface area (Å²) in [6, 6.07) is 0.239. The van der Waals surface area contributed by atoms with E-state index < -0.39 is 0 Å². The summed E-state index contributed by atoms with van der Waals surface area (Å²) in [7, 11) is 0. The molecule has 4 N–H and O–H groups in total. The van der Waals surface area contributed by atoms with Crippen LogP contribution in [0.5, 0.6) is 0 Å². The standard InChI is InChI=1S/C16H26N4O2/c1-10-16(11(2)20-19-10)14(21)9-12-3-5-13(6-4-12)18-15(22)7-8-17/h12-13H,3-9,17H2,1-2H3,(H,18,22)(H,19,20). The lowest BCUT2D eigenvalue weighted by Crippen LogP contribution is -2.38. The van der Waals surface area contributed by atoms with Crippen molar-refractivity contribution in [3.63, 3.8) is 0 Å². The molecule has 0 aliphatic heterocycles. The molecule has 1 aromatic rings. The third-order valence-corrected chi connectivity index (χ3v) is 4.46. The number of carbonyl (C=O) groups excluding carboxylic acids is 2. The largest absolute Gasteiger partial charge is 0.353 e. The number of nitrogens with zero attached hydrogens (tertiary/aromatic N) is 1. The Morgan fingerprint density at radius 1 is 1.27 bits per heavy atom. The van der Waals surface area contributed by atoms with Gasteiger partial charge in [-0.3, -0.25) is 14.7 Å². The quantitative estimate of drug-likeness (QED) is 0.695. The summed E-state index contributed by atoms with van der Waals surface area (Å²) in [5.41, 5.74) is 7.76. The van der Waals surface area contributed by atoms with Gasteiger partial charge >= 0.3 is 0 Å². The second kappa shape index (κ2) is 7.54. The van der Waals surface area contributed by atoms with E-state index >= 15 is 0 Å². The van der Waals surface area contributed by atoms with E-state index in [1.807, 2.05) is 13.8 Å². The molecule has 0 aromatic carbocycles. The summed E-state index contributed by atoms with van der Waals surface area (Å²) in [5, 5.41) is 9.98. The number of amides is 1. The molecule has 1 saturated carbocycles. The average Bonchev–Trinajstić information content (AvgIpc) is 2.80. The number of carbonyl (C=O) groups is 2. The van der Waals surface area contributed by atoms with Gasteiger partial charge in [0.2, 0.25) is 5.91 Å². The van der Waals surface area contributed by atoms with Crippen LogP contribution in [-0.4, -0.2) is 34.5 Å². The van der Waals surface area contributed by atoms with Crippen molar-refractivity contribution in [1.82, 2.24) is 15.5 Å². The van der Waals surface area contributed by atoms with Gasteiger partial charge in [-0.1, -0.05) is 0 Å². The van der Waals surface area contributed by atoms with E-state index in [1.165, 1.54) is 0 Å². The van der Waals surface area contributed by atoms with Gasteiger partial charge in [0.15, 0.2) is 5.78 Å². The zero-order chi connectivity index (χ0) is 16.1. The van der Waals surface area contributed by atoms with Gasteiger partial charge in [-0.2, -0.15) is 5.10 Å². The Morgan fingerprint density at radius 3 is 2.50 bits per heavy atom. The van der Waals surface area contributed by atoms with E-state index in [9.17, 15) is 9.59 Å². The molecular formula is C16H26N4O2. The minimum absolute atomic E-state index is 0.0340. The van der Waals surface area contributed by atoms with Crippen LogP contribution in [0, 0.1) is 19.8 Å². The van der Waals surface area contributed by atoms with Gasteiger partial charge in [-0.05, 0) is 45.4 Å². The first-order valence-electron chi connectivity index (χ1n) is 8.05. The highest BCUT2D eigenvalue weighted by molar-refractivity contribution is 5.98. The van der Waals surface area contributed by atoms with Crippen LogP contribution in [0.4, 0.5) is 0 Å². The highest BCUT2D eigenvalue weighted by Crippen LogP contribution is 2.28. The Kier molecular flexibility index (Phi) is 5.71. The number of ketones is 1. The minimum atomic E-state index is 0.0340.